The number of hydrogen-bond acceptors (Lipinski definition) is 2. The summed E-state index contributed by atoms with van der Waals surface area (Å²) in [5.74, 6) is 0. The van der Waals surface area contributed by atoms with Gasteiger partial charge in [0.15, 0.2) is 0 Å². The van der Waals surface area contributed by atoms with Gasteiger partial charge in [-0.25, -0.2) is 0 Å². The van der Waals surface area contributed by atoms with Crippen molar-refractivity contribution in [2.75, 3.05) is 7.05 Å². The van der Waals surface area contributed by atoms with Crippen molar-refractivity contribution in [2.24, 2.45) is 0 Å². The van der Waals surface area contributed by atoms with Gasteiger partial charge < -0.3 is 5.32 Å². The van der Waals surface area contributed by atoms with Gasteiger partial charge in [0, 0.05) is 6.20 Å². The highest BCUT2D eigenvalue weighted by molar-refractivity contribution is 5.23. The maximum absolute atomic E-state index is 4.43. The van der Waals surface area contributed by atoms with Crippen LogP contribution in [0.2, 0.25) is 0 Å². The van der Waals surface area contributed by atoms with E-state index in [4.69, 9.17) is 0 Å². The van der Waals surface area contributed by atoms with E-state index >= 15 is 0 Å². The molecule has 0 amide bonds. The van der Waals surface area contributed by atoms with Gasteiger partial charge in [-0.15, -0.1) is 6.58 Å². The van der Waals surface area contributed by atoms with Crippen molar-refractivity contribution < 1.29 is 0 Å². The Labute approximate surface area is 86.1 Å². The van der Waals surface area contributed by atoms with Crippen molar-refractivity contribution in [1.29, 1.82) is 0 Å². The Balaban J connectivity index is 2.95. The SMILES string of the molecule is C=CCC(NC)c1ncccc1CC. The van der Waals surface area contributed by atoms with Gasteiger partial charge in [-0.05, 0) is 31.5 Å². The third kappa shape index (κ3) is 2.42. The molecule has 0 aromatic carbocycles. The summed E-state index contributed by atoms with van der Waals surface area (Å²) >= 11 is 0. The molecule has 0 fully saturated rings. The lowest BCUT2D eigenvalue weighted by molar-refractivity contribution is 0.580. The fourth-order valence-corrected chi connectivity index (χ4v) is 1.60. The summed E-state index contributed by atoms with van der Waals surface area (Å²) in [6, 6.07) is 4.42. The number of hydrogen-bond donors (Lipinski definition) is 1. The van der Waals surface area contributed by atoms with Crippen LogP contribution < -0.4 is 5.32 Å². The van der Waals surface area contributed by atoms with E-state index in [1.807, 2.05) is 25.4 Å². The van der Waals surface area contributed by atoms with Crippen LogP contribution in [0, 0.1) is 0 Å². The summed E-state index contributed by atoms with van der Waals surface area (Å²) in [6.45, 7) is 5.92. The van der Waals surface area contributed by atoms with Gasteiger partial charge >= 0.3 is 0 Å². The molecule has 0 bridgehead atoms. The van der Waals surface area contributed by atoms with Crippen molar-refractivity contribution in [2.45, 2.75) is 25.8 Å². The molecule has 0 aliphatic rings. The number of rotatable bonds is 5. The Morgan fingerprint density at radius 3 is 3.00 bits per heavy atom. The summed E-state index contributed by atoms with van der Waals surface area (Å²) in [7, 11) is 1.96. The van der Waals surface area contributed by atoms with Gasteiger partial charge in [-0.2, -0.15) is 0 Å². The monoisotopic (exact) mass is 190 g/mol. The van der Waals surface area contributed by atoms with E-state index in [1.165, 1.54) is 5.56 Å². The molecule has 2 heteroatoms. The highest BCUT2D eigenvalue weighted by Gasteiger charge is 2.11. The average Bonchev–Trinajstić information content (AvgIpc) is 2.26. The third-order valence-electron chi connectivity index (χ3n) is 2.39. The molecule has 0 saturated heterocycles. The molecule has 2 nitrogen and oxygen atoms in total. The molecule has 1 aromatic rings. The van der Waals surface area contributed by atoms with Gasteiger partial charge in [0.2, 0.25) is 0 Å². The smallest absolute Gasteiger partial charge is 0.0608 e. The predicted molar refractivity (Wildman–Crippen MR) is 60.2 cm³/mol. The van der Waals surface area contributed by atoms with Gasteiger partial charge in [-0.3, -0.25) is 4.98 Å². The Kier molecular flexibility index (Phi) is 4.33. The van der Waals surface area contributed by atoms with E-state index in [2.05, 4.69) is 29.9 Å². The van der Waals surface area contributed by atoms with E-state index in [9.17, 15) is 0 Å². The molecular weight excluding hydrogens is 172 g/mol. The number of nitrogens with one attached hydrogen (secondary N) is 1. The first-order valence-corrected chi connectivity index (χ1v) is 5.05. The lowest BCUT2D eigenvalue weighted by Crippen LogP contribution is -2.18. The van der Waals surface area contributed by atoms with E-state index in [0.29, 0.717) is 6.04 Å². The highest BCUT2D eigenvalue weighted by Crippen LogP contribution is 2.18. The van der Waals surface area contributed by atoms with Crippen LogP contribution in [0.25, 0.3) is 0 Å². The van der Waals surface area contributed by atoms with Crippen LogP contribution in [-0.2, 0) is 6.42 Å². The van der Waals surface area contributed by atoms with Gasteiger partial charge in [0.1, 0.15) is 0 Å². The minimum Gasteiger partial charge on any atom is -0.311 e. The molecule has 1 N–H and O–H groups in total. The maximum atomic E-state index is 4.43. The molecule has 0 radical (unpaired) electrons. The van der Waals surface area contributed by atoms with Crippen LogP contribution in [0.5, 0.6) is 0 Å². The predicted octanol–water partition coefficient (Wildman–Crippen LogP) is 2.48. The number of nitrogens with zero attached hydrogens (tertiary/aromatic N) is 1. The second-order valence-corrected chi connectivity index (χ2v) is 3.27. The first kappa shape index (κ1) is 10.9. The quantitative estimate of drug-likeness (QED) is 0.721. The van der Waals surface area contributed by atoms with E-state index in [0.717, 1.165) is 18.5 Å². The second kappa shape index (κ2) is 5.55. The molecule has 1 unspecified atom stereocenters. The van der Waals surface area contributed by atoms with E-state index < -0.39 is 0 Å². The number of aryl methyl sites for hydroxylation is 1. The molecular formula is C12H18N2. The molecule has 1 heterocycles. The van der Waals surface area contributed by atoms with E-state index in [1.54, 1.807) is 0 Å². The fourth-order valence-electron chi connectivity index (χ4n) is 1.60. The minimum absolute atomic E-state index is 0.295. The van der Waals surface area contributed by atoms with Gasteiger partial charge in [0.05, 0.1) is 11.7 Å². The lowest BCUT2D eigenvalue weighted by Gasteiger charge is -2.16. The molecule has 0 aliphatic heterocycles. The Hall–Kier alpha value is -1.15. The Morgan fingerprint density at radius 2 is 2.43 bits per heavy atom. The standard InChI is InChI=1S/C12H18N2/c1-4-7-11(13-3)12-10(5-2)8-6-9-14-12/h4,6,8-9,11,13H,1,5,7H2,2-3H3. The first-order chi connectivity index (χ1) is 6.83. The lowest BCUT2D eigenvalue weighted by atomic mass is 10.0. The minimum atomic E-state index is 0.295. The number of aromatic nitrogens is 1. The molecule has 1 aromatic heterocycles. The normalized spacial score (nSPS) is 12.4. The van der Waals surface area contributed by atoms with Crippen LogP contribution in [0.4, 0.5) is 0 Å². The average molecular weight is 190 g/mol. The van der Waals surface area contributed by atoms with Crippen LogP contribution in [0.15, 0.2) is 31.0 Å². The molecule has 1 atom stereocenters. The summed E-state index contributed by atoms with van der Waals surface area (Å²) in [5, 5.41) is 3.26. The van der Waals surface area contributed by atoms with Crippen LogP contribution in [-0.4, -0.2) is 12.0 Å². The molecule has 0 aliphatic carbocycles. The van der Waals surface area contributed by atoms with Crippen LogP contribution >= 0.6 is 0 Å². The third-order valence-corrected chi connectivity index (χ3v) is 2.39. The Morgan fingerprint density at radius 1 is 1.64 bits per heavy atom. The van der Waals surface area contributed by atoms with Crippen LogP contribution in [0.1, 0.15) is 30.6 Å². The Bertz CT molecular complexity index is 294. The first-order valence-electron chi connectivity index (χ1n) is 5.05. The molecule has 76 valence electrons. The van der Waals surface area contributed by atoms with Crippen LogP contribution in [0.3, 0.4) is 0 Å². The highest BCUT2D eigenvalue weighted by atomic mass is 14.9. The molecule has 14 heavy (non-hydrogen) atoms. The topological polar surface area (TPSA) is 24.9 Å². The molecule has 0 saturated carbocycles. The van der Waals surface area contributed by atoms with Crippen molar-refractivity contribution in [3.05, 3.63) is 42.2 Å². The zero-order valence-corrected chi connectivity index (χ0v) is 8.96. The summed E-state index contributed by atoms with van der Waals surface area (Å²) < 4.78 is 0. The van der Waals surface area contributed by atoms with Crippen molar-refractivity contribution >= 4 is 0 Å². The second-order valence-electron chi connectivity index (χ2n) is 3.27. The maximum Gasteiger partial charge on any atom is 0.0608 e. The molecule has 0 spiro atoms. The summed E-state index contributed by atoms with van der Waals surface area (Å²) in [4.78, 5) is 4.43. The van der Waals surface area contributed by atoms with Crippen molar-refractivity contribution in [1.82, 2.24) is 10.3 Å². The molecule has 1 rings (SSSR count). The number of pyridine rings is 1. The van der Waals surface area contributed by atoms with Crippen molar-refractivity contribution in [3.63, 3.8) is 0 Å². The van der Waals surface area contributed by atoms with Gasteiger partial charge in [0.25, 0.3) is 0 Å². The fraction of sp³-hybridized carbons (Fsp3) is 0.417. The summed E-state index contributed by atoms with van der Waals surface area (Å²) in [5.41, 5.74) is 2.46. The zero-order valence-electron chi connectivity index (χ0n) is 8.96. The summed E-state index contributed by atoms with van der Waals surface area (Å²) in [6.07, 6.45) is 5.72. The largest absolute Gasteiger partial charge is 0.311 e. The van der Waals surface area contributed by atoms with E-state index in [-0.39, 0.29) is 0 Å². The van der Waals surface area contributed by atoms with Crippen molar-refractivity contribution in [3.8, 4) is 0 Å². The zero-order chi connectivity index (χ0) is 10.4. The van der Waals surface area contributed by atoms with Gasteiger partial charge in [-0.1, -0.05) is 19.1 Å².